The number of aromatic nitrogens is 4. The molecule has 0 radical (unpaired) electrons. The number of fused-ring (bicyclic) bond motifs is 1. The highest BCUT2D eigenvalue weighted by molar-refractivity contribution is 7.20. The number of rotatable bonds is 6. The Labute approximate surface area is 171 Å². The summed E-state index contributed by atoms with van der Waals surface area (Å²) < 4.78 is 12.5. The number of nitrogens with one attached hydrogen (secondary N) is 1. The molecule has 0 aliphatic rings. The van der Waals surface area contributed by atoms with Gasteiger partial charge in [0.25, 0.3) is 5.91 Å². The van der Waals surface area contributed by atoms with Crippen LogP contribution in [0.3, 0.4) is 0 Å². The Hall–Kier alpha value is -3.46. The van der Waals surface area contributed by atoms with E-state index in [4.69, 9.17) is 9.47 Å². The molecule has 0 aliphatic heterocycles. The zero-order valence-corrected chi connectivity index (χ0v) is 16.9. The van der Waals surface area contributed by atoms with Crippen molar-refractivity contribution in [2.75, 3.05) is 12.4 Å². The van der Waals surface area contributed by atoms with Crippen molar-refractivity contribution in [1.82, 2.24) is 19.8 Å². The van der Waals surface area contributed by atoms with Gasteiger partial charge in [-0.25, -0.2) is 0 Å². The summed E-state index contributed by atoms with van der Waals surface area (Å²) in [4.78, 5) is 13.1. The summed E-state index contributed by atoms with van der Waals surface area (Å²) in [7, 11) is 1.61. The lowest BCUT2D eigenvalue weighted by molar-refractivity contribution is -0.122. The molecule has 4 rings (SSSR count). The van der Waals surface area contributed by atoms with Crippen molar-refractivity contribution >= 4 is 27.3 Å². The van der Waals surface area contributed by atoms with Gasteiger partial charge in [-0.1, -0.05) is 29.0 Å². The van der Waals surface area contributed by atoms with Gasteiger partial charge in [-0.15, -0.1) is 15.3 Å². The molecule has 0 fully saturated rings. The largest absolute Gasteiger partial charge is 0.497 e. The summed E-state index contributed by atoms with van der Waals surface area (Å²) in [5, 5.41) is 16.0. The van der Waals surface area contributed by atoms with Crippen LogP contribution in [0.4, 0.5) is 5.13 Å². The monoisotopic (exact) mass is 409 g/mol. The van der Waals surface area contributed by atoms with Gasteiger partial charge in [-0.2, -0.15) is 4.52 Å². The molecule has 1 amide bonds. The van der Waals surface area contributed by atoms with Gasteiger partial charge in [-0.05, 0) is 50.2 Å². The van der Waals surface area contributed by atoms with Crippen molar-refractivity contribution in [3.8, 4) is 22.9 Å². The van der Waals surface area contributed by atoms with Gasteiger partial charge < -0.3 is 9.47 Å². The summed E-state index contributed by atoms with van der Waals surface area (Å²) in [5.74, 6) is 1.69. The molecule has 148 valence electrons. The second-order valence-corrected chi connectivity index (χ2v) is 7.37. The van der Waals surface area contributed by atoms with Gasteiger partial charge in [0.05, 0.1) is 7.11 Å². The molecule has 0 saturated carbocycles. The number of ether oxygens (including phenoxy) is 2. The van der Waals surface area contributed by atoms with E-state index < -0.39 is 6.10 Å². The molecule has 0 bridgehead atoms. The highest BCUT2D eigenvalue weighted by atomic mass is 32.1. The second kappa shape index (κ2) is 7.88. The summed E-state index contributed by atoms with van der Waals surface area (Å²) in [6.07, 6.45) is -0.673. The van der Waals surface area contributed by atoms with Crippen LogP contribution in [0.2, 0.25) is 0 Å². The molecule has 0 unspecified atom stereocenters. The number of hydrogen-bond donors (Lipinski definition) is 1. The van der Waals surface area contributed by atoms with Crippen molar-refractivity contribution in [1.29, 1.82) is 0 Å². The zero-order chi connectivity index (χ0) is 20.4. The lowest BCUT2D eigenvalue weighted by atomic mass is 10.2. The van der Waals surface area contributed by atoms with Crippen molar-refractivity contribution in [2.24, 2.45) is 0 Å². The van der Waals surface area contributed by atoms with Crippen molar-refractivity contribution in [3.63, 3.8) is 0 Å². The number of aryl methyl sites for hydroxylation is 1. The van der Waals surface area contributed by atoms with E-state index in [2.05, 4.69) is 20.6 Å². The first-order valence-corrected chi connectivity index (χ1v) is 9.76. The minimum atomic E-state index is -0.673. The summed E-state index contributed by atoms with van der Waals surface area (Å²) in [5.41, 5.74) is 1.97. The van der Waals surface area contributed by atoms with Gasteiger partial charge in [0, 0.05) is 5.56 Å². The van der Waals surface area contributed by atoms with Gasteiger partial charge in [-0.3, -0.25) is 10.1 Å². The first kappa shape index (κ1) is 18.9. The Morgan fingerprint density at radius 2 is 1.76 bits per heavy atom. The van der Waals surface area contributed by atoms with Crippen molar-refractivity contribution < 1.29 is 14.3 Å². The Balaban J connectivity index is 1.48. The molecule has 0 saturated heterocycles. The molecule has 2 heterocycles. The molecule has 2 aromatic carbocycles. The Morgan fingerprint density at radius 1 is 1.07 bits per heavy atom. The molecule has 1 atom stereocenters. The van der Waals surface area contributed by atoms with Crippen molar-refractivity contribution in [2.45, 2.75) is 20.0 Å². The van der Waals surface area contributed by atoms with E-state index in [0.29, 0.717) is 21.7 Å². The van der Waals surface area contributed by atoms with Gasteiger partial charge >= 0.3 is 0 Å². The maximum absolute atomic E-state index is 12.5. The third-order valence-corrected chi connectivity index (χ3v) is 5.09. The second-order valence-electron chi connectivity index (χ2n) is 6.42. The number of nitrogens with zero attached hydrogens (tertiary/aromatic N) is 4. The Morgan fingerprint density at radius 3 is 2.45 bits per heavy atom. The van der Waals surface area contributed by atoms with E-state index in [1.165, 1.54) is 11.3 Å². The normalized spacial score (nSPS) is 12.0. The average Bonchev–Trinajstić information content (AvgIpc) is 3.30. The number of anilines is 1. The van der Waals surface area contributed by atoms with Crippen LogP contribution in [0.1, 0.15) is 12.5 Å². The van der Waals surface area contributed by atoms with E-state index in [-0.39, 0.29) is 5.91 Å². The van der Waals surface area contributed by atoms with Crippen LogP contribution in [-0.4, -0.2) is 38.9 Å². The van der Waals surface area contributed by atoms with Crippen LogP contribution in [0.15, 0.2) is 48.5 Å². The SMILES string of the molecule is COc1ccc(-c2nnc3sc(NC(=O)[C@H](C)Oc4ccc(C)cc4)nn23)cc1. The summed E-state index contributed by atoms with van der Waals surface area (Å²) in [6.45, 7) is 3.69. The maximum atomic E-state index is 12.5. The third-order valence-electron chi connectivity index (χ3n) is 4.27. The van der Waals surface area contributed by atoms with E-state index in [0.717, 1.165) is 16.9 Å². The predicted octanol–water partition coefficient (Wildman–Crippen LogP) is 3.58. The molecular formula is C20H19N5O3S. The lowest BCUT2D eigenvalue weighted by Gasteiger charge is -2.13. The molecule has 0 spiro atoms. The minimum absolute atomic E-state index is 0.290. The number of carbonyl (C=O) groups is 1. The Kier molecular flexibility index (Phi) is 5.13. The fourth-order valence-electron chi connectivity index (χ4n) is 2.67. The molecule has 4 aromatic rings. The Bertz CT molecular complexity index is 1140. The summed E-state index contributed by atoms with van der Waals surface area (Å²) >= 11 is 1.24. The van der Waals surface area contributed by atoms with E-state index in [1.807, 2.05) is 55.5 Å². The molecule has 9 heteroatoms. The highest BCUT2D eigenvalue weighted by Crippen LogP contribution is 2.25. The predicted molar refractivity (Wildman–Crippen MR) is 111 cm³/mol. The lowest BCUT2D eigenvalue weighted by Crippen LogP contribution is -2.30. The van der Waals surface area contributed by atoms with Gasteiger partial charge in [0.2, 0.25) is 10.1 Å². The zero-order valence-electron chi connectivity index (χ0n) is 16.1. The summed E-state index contributed by atoms with van der Waals surface area (Å²) in [6, 6.07) is 15.0. The third kappa shape index (κ3) is 4.04. The number of methoxy groups -OCH3 is 1. The van der Waals surface area contributed by atoms with Crippen LogP contribution >= 0.6 is 11.3 Å². The maximum Gasteiger partial charge on any atom is 0.266 e. The van der Waals surface area contributed by atoms with Crippen LogP contribution < -0.4 is 14.8 Å². The van der Waals surface area contributed by atoms with E-state index in [9.17, 15) is 4.79 Å². The van der Waals surface area contributed by atoms with Crippen LogP contribution in [0.5, 0.6) is 11.5 Å². The smallest absolute Gasteiger partial charge is 0.266 e. The molecule has 2 aromatic heterocycles. The first-order chi connectivity index (χ1) is 14.0. The molecule has 1 N–H and O–H groups in total. The van der Waals surface area contributed by atoms with Gasteiger partial charge in [0.1, 0.15) is 11.5 Å². The minimum Gasteiger partial charge on any atom is -0.497 e. The van der Waals surface area contributed by atoms with E-state index >= 15 is 0 Å². The average molecular weight is 409 g/mol. The van der Waals surface area contributed by atoms with Gasteiger partial charge in [0.15, 0.2) is 11.9 Å². The van der Waals surface area contributed by atoms with Crippen LogP contribution in [0.25, 0.3) is 16.3 Å². The van der Waals surface area contributed by atoms with Crippen LogP contribution in [0, 0.1) is 6.92 Å². The number of benzene rings is 2. The molecular weight excluding hydrogens is 390 g/mol. The number of carbonyl (C=O) groups excluding carboxylic acids is 1. The van der Waals surface area contributed by atoms with E-state index in [1.54, 1.807) is 18.5 Å². The fraction of sp³-hybridized carbons (Fsp3) is 0.200. The highest BCUT2D eigenvalue weighted by Gasteiger charge is 2.19. The first-order valence-electron chi connectivity index (χ1n) is 8.94. The molecule has 29 heavy (non-hydrogen) atoms. The topological polar surface area (TPSA) is 90.6 Å². The standard InChI is InChI=1S/C20H19N5O3S/c1-12-4-8-16(9-5-12)28-13(2)18(26)21-19-24-25-17(22-23-20(25)29-19)14-6-10-15(27-3)11-7-14/h4-11,13H,1-3H3,(H,21,24,26)/t13-/m0/s1. The van der Waals surface area contributed by atoms with Crippen molar-refractivity contribution in [3.05, 3.63) is 54.1 Å². The number of hydrogen-bond acceptors (Lipinski definition) is 7. The fourth-order valence-corrected chi connectivity index (χ4v) is 3.41. The molecule has 0 aliphatic carbocycles. The molecule has 8 nitrogen and oxygen atoms in total. The number of amides is 1. The van der Waals surface area contributed by atoms with Crippen LogP contribution in [-0.2, 0) is 4.79 Å². The quantitative estimate of drug-likeness (QED) is 0.523.